The van der Waals surface area contributed by atoms with Crippen LogP contribution in [-0.2, 0) is 0 Å². The van der Waals surface area contributed by atoms with E-state index in [-0.39, 0.29) is 5.75 Å². The lowest BCUT2D eigenvalue weighted by Crippen LogP contribution is -2.46. The van der Waals surface area contributed by atoms with E-state index in [0.717, 1.165) is 32.1 Å². The van der Waals surface area contributed by atoms with Gasteiger partial charge in [0, 0.05) is 32.2 Å². The summed E-state index contributed by atoms with van der Waals surface area (Å²) in [4.78, 5) is 2.59. The van der Waals surface area contributed by atoms with Crippen molar-refractivity contribution in [2.75, 3.05) is 33.3 Å². The van der Waals surface area contributed by atoms with Gasteiger partial charge in [0.15, 0.2) is 11.5 Å². The van der Waals surface area contributed by atoms with Crippen LogP contribution in [0.25, 0.3) is 0 Å². The van der Waals surface area contributed by atoms with E-state index in [0.29, 0.717) is 11.8 Å². The number of hydrogen-bond donors (Lipinski definition) is 2. The number of phenolic OH excluding ortho intramolecular Hbond substituents is 1. The first-order valence-electron chi connectivity index (χ1n) is 8.11. The SMILES string of the molecule is COc1ccc([C@@H](C2CCCC2)N2CCNCC2)cc1O. The van der Waals surface area contributed by atoms with E-state index in [9.17, 15) is 5.11 Å². The quantitative estimate of drug-likeness (QED) is 0.894. The van der Waals surface area contributed by atoms with Crippen LogP contribution in [0.4, 0.5) is 0 Å². The molecule has 4 nitrogen and oxygen atoms in total. The molecule has 0 spiro atoms. The maximum Gasteiger partial charge on any atom is 0.160 e. The van der Waals surface area contributed by atoms with E-state index in [1.54, 1.807) is 7.11 Å². The number of ether oxygens (including phenoxy) is 1. The Balaban J connectivity index is 1.88. The minimum absolute atomic E-state index is 0.258. The van der Waals surface area contributed by atoms with Gasteiger partial charge in [-0.1, -0.05) is 18.9 Å². The average Bonchev–Trinajstić information content (AvgIpc) is 3.03. The Morgan fingerprint density at radius 1 is 1.24 bits per heavy atom. The molecule has 1 aliphatic heterocycles. The molecule has 1 heterocycles. The van der Waals surface area contributed by atoms with E-state index < -0.39 is 0 Å². The average molecular weight is 290 g/mol. The molecule has 0 amide bonds. The van der Waals surface area contributed by atoms with E-state index in [1.807, 2.05) is 12.1 Å². The molecule has 0 radical (unpaired) electrons. The smallest absolute Gasteiger partial charge is 0.160 e. The fourth-order valence-corrected chi connectivity index (χ4v) is 3.91. The van der Waals surface area contributed by atoms with E-state index in [4.69, 9.17) is 4.74 Å². The summed E-state index contributed by atoms with van der Waals surface area (Å²) in [5, 5.41) is 13.6. The van der Waals surface area contributed by atoms with Gasteiger partial charge in [0.25, 0.3) is 0 Å². The van der Waals surface area contributed by atoms with Gasteiger partial charge in [-0.05, 0) is 36.5 Å². The molecule has 116 valence electrons. The Kier molecular flexibility index (Phi) is 4.66. The highest BCUT2D eigenvalue weighted by Crippen LogP contribution is 2.41. The van der Waals surface area contributed by atoms with Crippen LogP contribution in [0.5, 0.6) is 11.5 Å². The van der Waals surface area contributed by atoms with Crippen LogP contribution in [0.1, 0.15) is 37.3 Å². The molecular formula is C17H26N2O2. The first-order chi connectivity index (χ1) is 10.3. The summed E-state index contributed by atoms with van der Waals surface area (Å²) in [6.45, 7) is 4.30. The second kappa shape index (κ2) is 6.67. The molecule has 2 aliphatic rings. The third kappa shape index (κ3) is 3.16. The van der Waals surface area contributed by atoms with Gasteiger partial charge in [-0.3, -0.25) is 4.90 Å². The van der Waals surface area contributed by atoms with Crippen molar-refractivity contribution < 1.29 is 9.84 Å². The van der Waals surface area contributed by atoms with Gasteiger partial charge in [0.1, 0.15) is 0 Å². The number of nitrogens with zero attached hydrogens (tertiary/aromatic N) is 1. The zero-order valence-electron chi connectivity index (χ0n) is 12.8. The standard InChI is InChI=1S/C17H26N2O2/c1-21-16-7-6-14(12-15(16)20)17(13-4-2-3-5-13)19-10-8-18-9-11-19/h6-7,12-13,17-18,20H,2-5,8-11H2,1H3/t17-/m1/s1. The summed E-state index contributed by atoms with van der Waals surface area (Å²) >= 11 is 0. The van der Waals surface area contributed by atoms with Crippen molar-refractivity contribution >= 4 is 0 Å². The van der Waals surface area contributed by atoms with Crippen molar-refractivity contribution in [3.8, 4) is 11.5 Å². The number of rotatable bonds is 4. The van der Waals surface area contributed by atoms with Crippen LogP contribution in [0.2, 0.25) is 0 Å². The molecule has 1 saturated carbocycles. The van der Waals surface area contributed by atoms with Gasteiger partial charge in [0.05, 0.1) is 7.11 Å². The third-order valence-electron chi connectivity index (χ3n) is 4.94. The van der Waals surface area contributed by atoms with Crippen molar-refractivity contribution in [1.82, 2.24) is 10.2 Å². The highest BCUT2D eigenvalue weighted by molar-refractivity contribution is 5.43. The number of aromatic hydroxyl groups is 1. The molecule has 1 aliphatic carbocycles. The van der Waals surface area contributed by atoms with Crippen LogP contribution in [-0.4, -0.2) is 43.3 Å². The lowest BCUT2D eigenvalue weighted by atomic mass is 9.89. The van der Waals surface area contributed by atoms with Gasteiger partial charge >= 0.3 is 0 Å². The highest BCUT2D eigenvalue weighted by Gasteiger charge is 2.32. The predicted octanol–water partition coefficient (Wildman–Crippen LogP) is 2.54. The van der Waals surface area contributed by atoms with Gasteiger partial charge in [0.2, 0.25) is 0 Å². The van der Waals surface area contributed by atoms with Crippen LogP contribution in [0.3, 0.4) is 0 Å². The Morgan fingerprint density at radius 3 is 2.57 bits per heavy atom. The summed E-state index contributed by atoms with van der Waals surface area (Å²) in [5.74, 6) is 1.54. The number of methoxy groups -OCH3 is 1. The third-order valence-corrected chi connectivity index (χ3v) is 4.94. The summed E-state index contributed by atoms with van der Waals surface area (Å²) < 4.78 is 5.18. The summed E-state index contributed by atoms with van der Waals surface area (Å²) in [7, 11) is 1.60. The molecule has 3 rings (SSSR count). The fraction of sp³-hybridized carbons (Fsp3) is 0.647. The molecular weight excluding hydrogens is 264 g/mol. The number of piperazine rings is 1. The second-order valence-electron chi connectivity index (χ2n) is 6.21. The minimum atomic E-state index is 0.258. The van der Waals surface area contributed by atoms with Crippen molar-refractivity contribution in [2.45, 2.75) is 31.7 Å². The van der Waals surface area contributed by atoms with Crippen LogP contribution < -0.4 is 10.1 Å². The number of benzene rings is 1. The Morgan fingerprint density at radius 2 is 1.95 bits per heavy atom. The maximum atomic E-state index is 10.1. The van der Waals surface area contributed by atoms with Gasteiger partial charge in [-0.25, -0.2) is 0 Å². The number of phenols is 1. The van der Waals surface area contributed by atoms with E-state index >= 15 is 0 Å². The zero-order valence-corrected chi connectivity index (χ0v) is 12.8. The first kappa shape index (κ1) is 14.7. The van der Waals surface area contributed by atoms with Crippen LogP contribution >= 0.6 is 0 Å². The topological polar surface area (TPSA) is 44.7 Å². The molecule has 2 N–H and O–H groups in total. The van der Waals surface area contributed by atoms with Gasteiger partial charge < -0.3 is 15.2 Å². The fourth-order valence-electron chi connectivity index (χ4n) is 3.91. The number of hydrogen-bond acceptors (Lipinski definition) is 4. The lowest BCUT2D eigenvalue weighted by Gasteiger charge is -2.38. The monoisotopic (exact) mass is 290 g/mol. The van der Waals surface area contributed by atoms with Gasteiger partial charge in [-0.15, -0.1) is 0 Å². The second-order valence-corrected chi connectivity index (χ2v) is 6.21. The van der Waals surface area contributed by atoms with Crippen LogP contribution in [0.15, 0.2) is 18.2 Å². The molecule has 0 aromatic heterocycles. The van der Waals surface area contributed by atoms with Crippen molar-refractivity contribution in [3.05, 3.63) is 23.8 Å². The molecule has 21 heavy (non-hydrogen) atoms. The maximum absolute atomic E-state index is 10.1. The minimum Gasteiger partial charge on any atom is -0.504 e. The van der Waals surface area contributed by atoms with E-state index in [2.05, 4.69) is 16.3 Å². The Hall–Kier alpha value is -1.26. The molecule has 1 atom stereocenters. The molecule has 1 aromatic carbocycles. The Labute approximate surface area is 127 Å². The number of nitrogens with one attached hydrogen (secondary N) is 1. The highest BCUT2D eigenvalue weighted by atomic mass is 16.5. The van der Waals surface area contributed by atoms with Crippen molar-refractivity contribution in [3.63, 3.8) is 0 Å². The summed E-state index contributed by atoms with van der Waals surface area (Å²) in [5.41, 5.74) is 1.24. The van der Waals surface area contributed by atoms with E-state index in [1.165, 1.54) is 31.2 Å². The molecule has 0 bridgehead atoms. The van der Waals surface area contributed by atoms with Crippen LogP contribution in [0, 0.1) is 5.92 Å². The predicted molar refractivity (Wildman–Crippen MR) is 83.8 cm³/mol. The van der Waals surface area contributed by atoms with Crippen molar-refractivity contribution in [1.29, 1.82) is 0 Å². The normalized spacial score (nSPS) is 22.3. The molecule has 4 heteroatoms. The van der Waals surface area contributed by atoms with Gasteiger partial charge in [-0.2, -0.15) is 0 Å². The zero-order chi connectivity index (χ0) is 14.7. The first-order valence-corrected chi connectivity index (χ1v) is 8.11. The Bertz CT molecular complexity index is 466. The molecule has 0 unspecified atom stereocenters. The summed E-state index contributed by atoms with van der Waals surface area (Å²) in [6, 6.07) is 6.37. The molecule has 2 fully saturated rings. The largest absolute Gasteiger partial charge is 0.504 e. The lowest BCUT2D eigenvalue weighted by molar-refractivity contribution is 0.125. The van der Waals surface area contributed by atoms with Crippen molar-refractivity contribution in [2.24, 2.45) is 5.92 Å². The summed E-state index contributed by atoms with van der Waals surface area (Å²) in [6.07, 6.45) is 5.30. The molecule has 1 aromatic rings. The molecule has 1 saturated heterocycles.